The molecule has 1 atom stereocenters. The largest absolute Gasteiger partial charge is 0.444 e. The van der Waals surface area contributed by atoms with Crippen LogP contribution in [0, 0.1) is 0 Å². The fraction of sp³-hybridized carbons (Fsp3) is 0.923. The van der Waals surface area contributed by atoms with Crippen LogP contribution in [0.1, 0.15) is 34.1 Å². The molecule has 1 saturated heterocycles. The van der Waals surface area contributed by atoms with Crippen molar-refractivity contribution < 1.29 is 27.8 Å². The van der Waals surface area contributed by atoms with Gasteiger partial charge in [0.25, 0.3) is 5.92 Å². The normalized spacial score (nSPS) is 22.1. The van der Waals surface area contributed by atoms with E-state index in [1.165, 1.54) is 0 Å². The molecule has 0 spiro atoms. The van der Waals surface area contributed by atoms with E-state index in [0.29, 0.717) is 6.61 Å². The lowest BCUT2D eigenvalue weighted by atomic mass is 10.2. The molecule has 0 aliphatic carbocycles. The maximum absolute atomic E-state index is 13.5. The number of ether oxygens (including phenoxy) is 3. The molecule has 1 heterocycles. The number of alkyl halides is 2. The molecule has 1 aliphatic heterocycles. The second-order valence-corrected chi connectivity index (χ2v) is 5.80. The third kappa shape index (κ3) is 5.58. The molecule has 7 heteroatoms. The summed E-state index contributed by atoms with van der Waals surface area (Å²) in [4.78, 5) is 13.0. The predicted octanol–water partition coefficient (Wildman–Crippen LogP) is 2.64. The van der Waals surface area contributed by atoms with Gasteiger partial charge in [-0.05, 0) is 27.7 Å². The van der Waals surface area contributed by atoms with Gasteiger partial charge < -0.3 is 14.2 Å². The molecule has 1 aliphatic rings. The molecular formula is C13H23F2NO4. The highest BCUT2D eigenvalue weighted by molar-refractivity contribution is 5.69. The van der Waals surface area contributed by atoms with E-state index in [1.54, 1.807) is 27.7 Å². The summed E-state index contributed by atoms with van der Waals surface area (Å²) in [6.07, 6.45) is -1.15. The molecule has 0 aromatic rings. The first-order valence-corrected chi connectivity index (χ1v) is 6.67. The zero-order valence-electron chi connectivity index (χ0n) is 12.4. The maximum Gasteiger partial charge on any atom is 0.410 e. The van der Waals surface area contributed by atoms with Gasteiger partial charge in [-0.2, -0.15) is 0 Å². The number of likely N-dealkylation sites (tertiary alicyclic amines) is 1. The summed E-state index contributed by atoms with van der Waals surface area (Å²) in [5, 5.41) is 0. The number of amides is 1. The van der Waals surface area contributed by atoms with Crippen LogP contribution in [0.4, 0.5) is 13.6 Å². The van der Waals surface area contributed by atoms with Crippen molar-refractivity contribution in [3.05, 3.63) is 0 Å². The van der Waals surface area contributed by atoms with Gasteiger partial charge in [-0.1, -0.05) is 0 Å². The van der Waals surface area contributed by atoms with E-state index >= 15 is 0 Å². The zero-order valence-corrected chi connectivity index (χ0v) is 12.4. The average Bonchev–Trinajstić information content (AvgIpc) is 2.58. The molecule has 0 saturated carbocycles. The summed E-state index contributed by atoms with van der Waals surface area (Å²) in [7, 11) is 0. The van der Waals surface area contributed by atoms with E-state index in [9.17, 15) is 13.6 Å². The quantitative estimate of drug-likeness (QED) is 0.578. The summed E-state index contributed by atoms with van der Waals surface area (Å²) >= 11 is 0. The van der Waals surface area contributed by atoms with Gasteiger partial charge in [0.2, 0.25) is 0 Å². The van der Waals surface area contributed by atoms with Crippen LogP contribution < -0.4 is 0 Å². The zero-order chi connectivity index (χ0) is 15.4. The average molecular weight is 295 g/mol. The Hall–Kier alpha value is -0.950. The number of rotatable bonds is 5. The maximum atomic E-state index is 13.5. The number of hydrogen-bond donors (Lipinski definition) is 0. The van der Waals surface area contributed by atoms with E-state index in [-0.39, 0.29) is 13.4 Å². The molecule has 1 fully saturated rings. The van der Waals surface area contributed by atoms with E-state index in [4.69, 9.17) is 14.2 Å². The molecule has 0 aromatic carbocycles. The van der Waals surface area contributed by atoms with Crippen molar-refractivity contribution in [1.29, 1.82) is 0 Å². The smallest absolute Gasteiger partial charge is 0.410 e. The second-order valence-electron chi connectivity index (χ2n) is 5.80. The first kappa shape index (κ1) is 17.1. The van der Waals surface area contributed by atoms with Crippen LogP contribution in [0.25, 0.3) is 0 Å². The molecule has 0 bridgehead atoms. The minimum Gasteiger partial charge on any atom is -0.444 e. The van der Waals surface area contributed by atoms with Crippen molar-refractivity contribution in [1.82, 2.24) is 4.90 Å². The third-order valence-electron chi connectivity index (χ3n) is 2.69. The molecule has 0 radical (unpaired) electrons. The Bertz CT molecular complexity index is 331. The number of carbonyl (C=O) groups is 1. The number of carbonyl (C=O) groups excluding carboxylic acids is 1. The van der Waals surface area contributed by atoms with E-state index in [2.05, 4.69) is 0 Å². The van der Waals surface area contributed by atoms with Crippen LogP contribution in [0.15, 0.2) is 0 Å². The SMILES string of the molecule is CCOCOC[C@@H]1CC(F)(F)CN1C(=O)OC(C)(C)C. The molecule has 118 valence electrons. The standard InChI is InChI=1S/C13H23F2NO4/c1-5-18-9-19-7-10-6-13(14,15)8-16(10)11(17)20-12(2,3)4/h10H,5-9H2,1-4H3/t10-/m0/s1. The van der Waals surface area contributed by atoms with Crippen molar-refractivity contribution in [2.75, 3.05) is 26.6 Å². The highest BCUT2D eigenvalue weighted by Gasteiger charge is 2.48. The summed E-state index contributed by atoms with van der Waals surface area (Å²) in [5.74, 6) is -2.91. The van der Waals surface area contributed by atoms with Gasteiger partial charge >= 0.3 is 6.09 Å². The Morgan fingerprint density at radius 3 is 2.55 bits per heavy atom. The minimum atomic E-state index is -2.91. The van der Waals surface area contributed by atoms with Gasteiger partial charge in [0, 0.05) is 13.0 Å². The molecular weight excluding hydrogens is 272 g/mol. The lowest BCUT2D eigenvalue weighted by molar-refractivity contribution is -0.0650. The number of halogens is 2. The van der Waals surface area contributed by atoms with E-state index < -0.39 is 36.6 Å². The highest BCUT2D eigenvalue weighted by atomic mass is 19.3. The molecule has 1 amide bonds. The number of hydrogen-bond acceptors (Lipinski definition) is 4. The van der Waals surface area contributed by atoms with E-state index in [1.807, 2.05) is 0 Å². The second kappa shape index (κ2) is 6.67. The minimum absolute atomic E-state index is 0.00876. The molecule has 1 rings (SSSR count). The molecule has 0 aromatic heterocycles. The molecule has 0 N–H and O–H groups in total. The highest BCUT2D eigenvalue weighted by Crippen LogP contribution is 2.33. The van der Waals surface area contributed by atoms with Crippen molar-refractivity contribution in [3.8, 4) is 0 Å². The van der Waals surface area contributed by atoms with Crippen LogP contribution in [-0.2, 0) is 14.2 Å². The Morgan fingerprint density at radius 1 is 1.35 bits per heavy atom. The Labute approximate surface area is 118 Å². The van der Waals surface area contributed by atoms with Crippen molar-refractivity contribution >= 4 is 6.09 Å². The van der Waals surface area contributed by atoms with Gasteiger partial charge in [0.05, 0.1) is 19.2 Å². The Kier molecular flexibility index (Phi) is 5.70. The van der Waals surface area contributed by atoms with Gasteiger partial charge in [-0.15, -0.1) is 0 Å². The summed E-state index contributed by atoms with van der Waals surface area (Å²) < 4.78 is 42.2. The van der Waals surface area contributed by atoms with Gasteiger partial charge in [0.1, 0.15) is 12.4 Å². The van der Waals surface area contributed by atoms with Crippen LogP contribution in [0.2, 0.25) is 0 Å². The van der Waals surface area contributed by atoms with Crippen molar-refractivity contribution in [2.45, 2.75) is 51.7 Å². The monoisotopic (exact) mass is 295 g/mol. The van der Waals surface area contributed by atoms with Crippen LogP contribution in [0.5, 0.6) is 0 Å². The first-order chi connectivity index (χ1) is 9.14. The summed E-state index contributed by atoms with van der Waals surface area (Å²) in [5.41, 5.74) is -0.717. The van der Waals surface area contributed by atoms with Crippen LogP contribution in [0.3, 0.4) is 0 Å². The Morgan fingerprint density at radius 2 is 2.00 bits per heavy atom. The third-order valence-corrected chi connectivity index (χ3v) is 2.69. The predicted molar refractivity (Wildman–Crippen MR) is 68.7 cm³/mol. The number of nitrogens with zero attached hydrogens (tertiary/aromatic N) is 1. The van der Waals surface area contributed by atoms with E-state index in [0.717, 1.165) is 4.90 Å². The lowest BCUT2D eigenvalue weighted by Crippen LogP contribution is -2.42. The van der Waals surface area contributed by atoms with Gasteiger partial charge in [0.15, 0.2) is 0 Å². The summed E-state index contributed by atoms with van der Waals surface area (Å²) in [6.45, 7) is 6.77. The van der Waals surface area contributed by atoms with Crippen molar-refractivity contribution in [3.63, 3.8) is 0 Å². The fourth-order valence-electron chi connectivity index (χ4n) is 1.91. The van der Waals surface area contributed by atoms with Crippen LogP contribution >= 0.6 is 0 Å². The topological polar surface area (TPSA) is 48.0 Å². The summed E-state index contributed by atoms with van der Waals surface area (Å²) in [6, 6.07) is -0.694. The van der Waals surface area contributed by atoms with Gasteiger partial charge in [-0.25, -0.2) is 13.6 Å². The fourth-order valence-corrected chi connectivity index (χ4v) is 1.91. The lowest BCUT2D eigenvalue weighted by Gasteiger charge is -2.28. The molecule has 20 heavy (non-hydrogen) atoms. The molecule has 5 nitrogen and oxygen atoms in total. The first-order valence-electron chi connectivity index (χ1n) is 6.67. The van der Waals surface area contributed by atoms with Crippen LogP contribution in [-0.4, -0.2) is 55.1 Å². The Balaban J connectivity index is 2.58. The molecule has 0 unspecified atom stereocenters. The van der Waals surface area contributed by atoms with Crippen molar-refractivity contribution in [2.24, 2.45) is 0 Å². The van der Waals surface area contributed by atoms with Gasteiger partial charge in [-0.3, -0.25) is 4.90 Å².